The molecule has 0 spiro atoms. The Morgan fingerprint density at radius 1 is 1.08 bits per heavy atom. The van der Waals surface area contributed by atoms with Gasteiger partial charge in [0, 0.05) is 18.2 Å². The molecule has 24 heavy (non-hydrogen) atoms. The quantitative estimate of drug-likeness (QED) is 0.434. The van der Waals surface area contributed by atoms with E-state index >= 15 is 0 Å². The average molecular weight is 341 g/mol. The third-order valence-corrected chi connectivity index (χ3v) is 3.88. The standard InChI is InChI=1S/C17H27NO6/c1-12(2)14(11-23-16(20)10-9-15(19)22-3)24-17(21)18-13-7-5-4-6-8-13/h9-10,12-14H,4-8,11H2,1-3H3,(H,18,21). The third kappa shape index (κ3) is 7.99. The summed E-state index contributed by atoms with van der Waals surface area (Å²) in [7, 11) is 1.21. The molecule has 1 atom stereocenters. The average Bonchev–Trinajstić information content (AvgIpc) is 2.56. The normalized spacial score (nSPS) is 16.7. The monoisotopic (exact) mass is 341 g/mol. The molecule has 1 rings (SSSR count). The molecular weight excluding hydrogens is 314 g/mol. The van der Waals surface area contributed by atoms with Crippen molar-refractivity contribution >= 4 is 18.0 Å². The van der Waals surface area contributed by atoms with Crippen LogP contribution in [-0.2, 0) is 23.8 Å². The summed E-state index contributed by atoms with van der Waals surface area (Å²) in [5.74, 6) is -1.35. The fourth-order valence-corrected chi connectivity index (χ4v) is 2.36. The summed E-state index contributed by atoms with van der Waals surface area (Å²) in [5, 5.41) is 2.86. The van der Waals surface area contributed by atoms with E-state index in [1.54, 1.807) is 0 Å². The number of rotatable bonds is 7. The highest BCUT2D eigenvalue weighted by molar-refractivity contribution is 5.91. The van der Waals surface area contributed by atoms with Crippen molar-refractivity contribution in [2.75, 3.05) is 13.7 Å². The van der Waals surface area contributed by atoms with Gasteiger partial charge < -0.3 is 19.5 Å². The molecule has 1 aliphatic carbocycles. The minimum Gasteiger partial charge on any atom is -0.466 e. The molecule has 1 amide bonds. The summed E-state index contributed by atoms with van der Waals surface area (Å²) in [6.45, 7) is 3.67. The lowest BCUT2D eigenvalue weighted by atomic mass is 9.96. The van der Waals surface area contributed by atoms with Crippen LogP contribution in [0.3, 0.4) is 0 Å². The lowest BCUT2D eigenvalue weighted by Crippen LogP contribution is -2.40. The molecule has 7 nitrogen and oxygen atoms in total. The molecule has 0 aromatic rings. The van der Waals surface area contributed by atoms with Gasteiger partial charge in [0.15, 0.2) is 0 Å². The minimum atomic E-state index is -0.692. The second-order valence-electron chi connectivity index (χ2n) is 6.15. The predicted molar refractivity (Wildman–Crippen MR) is 87.2 cm³/mol. The molecule has 0 aliphatic heterocycles. The number of ether oxygens (including phenoxy) is 3. The second kappa shape index (κ2) is 10.7. The Bertz CT molecular complexity index is 454. The lowest BCUT2D eigenvalue weighted by molar-refractivity contribution is -0.142. The Labute approximate surface area is 142 Å². The van der Waals surface area contributed by atoms with Gasteiger partial charge in [0.2, 0.25) is 0 Å². The first kappa shape index (κ1) is 20.0. The van der Waals surface area contributed by atoms with Crippen LogP contribution in [0.1, 0.15) is 46.0 Å². The van der Waals surface area contributed by atoms with Gasteiger partial charge in [-0.1, -0.05) is 33.1 Å². The number of hydrogen-bond donors (Lipinski definition) is 1. The Morgan fingerprint density at radius 3 is 2.29 bits per heavy atom. The number of alkyl carbamates (subject to hydrolysis) is 1. The van der Waals surface area contributed by atoms with Gasteiger partial charge in [-0.2, -0.15) is 0 Å². The molecule has 0 heterocycles. The molecule has 1 saturated carbocycles. The van der Waals surface area contributed by atoms with E-state index < -0.39 is 24.1 Å². The highest BCUT2D eigenvalue weighted by atomic mass is 16.6. The second-order valence-corrected chi connectivity index (χ2v) is 6.15. The summed E-state index contributed by atoms with van der Waals surface area (Å²) in [6.07, 6.45) is 6.28. The van der Waals surface area contributed by atoms with E-state index in [2.05, 4.69) is 10.1 Å². The van der Waals surface area contributed by atoms with Crippen molar-refractivity contribution < 1.29 is 28.6 Å². The Hall–Kier alpha value is -2.05. The van der Waals surface area contributed by atoms with Gasteiger partial charge in [-0.05, 0) is 18.8 Å². The largest absolute Gasteiger partial charge is 0.466 e. The molecule has 1 aliphatic rings. The number of amides is 1. The van der Waals surface area contributed by atoms with Crippen LogP contribution in [0.25, 0.3) is 0 Å². The molecule has 136 valence electrons. The molecule has 0 radical (unpaired) electrons. The maximum Gasteiger partial charge on any atom is 0.407 e. The number of carbonyl (C=O) groups excluding carboxylic acids is 3. The van der Waals surface area contributed by atoms with Crippen molar-refractivity contribution in [2.24, 2.45) is 5.92 Å². The number of hydrogen-bond acceptors (Lipinski definition) is 6. The van der Waals surface area contributed by atoms with Crippen molar-refractivity contribution in [2.45, 2.75) is 58.1 Å². The van der Waals surface area contributed by atoms with Crippen LogP contribution < -0.4 is 5.32 Å². The number of carbonyl (C=O) groups is 3. The van der Waals surface area contributed by atoms with Crippen LogP contribution in [0, 0.1) is 5.92 Å². The summed E-state index contributed by atoms with van der Waals surface area (Å²) < 4.78 is 14.8. The minimum absolute atomic E-state index is 0.0144. The molecule has 0 bridgehead atoms. The number of esters is 2. The molecule has 1 unspecified atom stereocenters. The van der Waals surface area contributed by atoms with E-state index in [9.17, 15) is 14.4 Å². The van der Waals surface area contributed by atoms with Gasteiger partial charge in [0.1, 0.15) is 12.7 Å². The number of nitrogens with one attached hydrogen (secondary N) is 1. The van der Waals surface area contributed by atoms with Crippen LogP contribution in [0.5, 0.6) is 0 Å². The van der Waals surface area contributed by atoms with Gasteiger partial charge in [0.05, 0.1) is 7.11 Å². The molecule has 1 fully saturated rings. The third-order valence-electron chi connectivity index (χ3n) is 3.88. The van der Waals surface area contributed by atoms with Crippen molar-refractivity contribution in [3.63, 3.8) is 0 Å². The van der Waals surface area contributed by atoms with Crippen molar-refractivity contribution in [3.05, 3.63) is 12.2 Å². The zero-order valence-electron chi connectivity index (χ0n) is 14.6. The molecule has 0 saturated heterocycles. The van der Waals surface area contributed by atoms with Crippen LogP contribution in [-0.4, -0.2) is 43.9 Å². The molecule has 0 aromatic carbocycles. The van der Waals surface area contributed by atoms with E-state index in [0.29, 0.717) is 0 Å². The van der Waals surface area contributed by atoms with Crippen molar-refractivity contribution in [1.29, 1.82) is 0 Å². The highest BCUT2D eigenvalue weighted by Crippen LogP contribution is 2.18. The van der Waals surface area contributed by atoms with E-state index in [1.807, 2.05) is 13.8 Å². The highest BCUT2D eigenvalue weighted by Gasteiger charge is 2.22. The Morgan fingerprint density at radius 2 is 1.71 bits per heavy atom. The lowest BCUT2D eigenvalue weighted by Gasteiger charge is -2.25. The van der Waals surface area contributed by atoms with E-state index in [0.717, 1.165) is 37.8 Å². The van der Waals surface area contributed by atoms with Crippen LogP contribution in [0.4, 0.5) is 4.79 Å². The van der Waals surface area contributed by atoms with Crippen molar-refractivity contribution in [1.82, 2.24) is 5.32 Å². The fourth-order valence-electron chi connectivity index (χ4n) is 2.36. The fraction of sp³-hybridized carbons (Fsp3) is 0.706. The summed E-state index contributed by atoms with van der Waals surface area (Å²) >= 11 is 0. The zero-order chi connectivity index (χ0) is 17.9. The van der Waals surface area contributed by atoms with Gasteiger partial charge in [0.25, 0.3) is 0 Å². The van der Waals surface area contributed by atoms with E-state index in [1.165, 1.54) is 13.5 Å². The van der Waals surface area contributed by atoms with Crippen LogP contribution in [0.15, 0.2) is 12.2 Å². The maximum absolute atomic E-state index is 12.0. The first-order chi connectivity index (χ1) is 11.4. The van der Waals surface area contributed by atoms with Gasteiger partial charge in [-0.15, -0.1) is 0 Å². The summed E-state index contributed by atoms with van der Waals surface area (Å²) in [4.78, 5) is 34.4. The SMILES string of the molecule is COC(=O)C=CC(=O)OCC(OC(=O)NC1CCCCC1)C(C)C. The first-order valence-electron chi connectivity index (χ1n) is 8.32. The van der Waals surface area contributed by atoms with Gasteiger partial charge in [-0.3, -0.25) is 0 Å². The van der Waals surface area contributed by atoms with E-state index in [4.69, 9.17) is 9.47 Å². The molecule has 7 heteroatoms. The predicted octanol–water partition coefficient (Wildman–Crippen LogP) is 2.34. The molecule has 0 aromatic heterocycles. The Balaban J connectivity index is 2.40. The summed E-state index contributed by atoms with van der Waals surface area (Å²) in [6, 6.07) is 0.157. The first-order valence-corrected chi connectivity index (χ1v) is 8.32. The van der Waals surface area contributed by atoms with Gasteiger partial charge in [-0.25, -0.2) is 14.4 Å². The maximum atomic E-state index is 12.0. The molecular formula is C17H27NO6. The van der Waals surface area contributed by atoms with Crippen LogP contribution >= 0.6 is 0 Å². The van der Waals surface area contributed by atoms with Gasteiger partial charge >= 0.3 is 18.0 Å². The van der Waals surface area contributed by atoms with E-state index in [-0.39, 0.29) is 18.6 Å². The summed E-state index contributed by atoms with van der Waals surface area (Å²) in [5.41, 5.74) is 0. The molecule has 1 N–H and O–H groups in total. The van der Waals surface area contributed by atoms with Crippen molar-refractivity contribution in [3.8, 4) is 0 Å². The number of methoxy groups -OCH3 is 1. The topological polar surface area (TPSA) is 90.9 Å². The zero-order valence-corrected chi connectivity index (χ0v) is 14.6. The Kier molecular flexibility index (Phi) is 8.89. The smallest absolute Gasteiger partial charge is 0.407 e. The van der Waals surface area contributed by atoms with Crippen LogP contribution in [0.2, 0.25) is 0 Å².